The molecule has 0 spiro atoms. The number of carbonyl (C=O) groups is 1. The Morgan fingerprint density at radius 3 is 1.88 bits per heavy atom. The van der Waals surface area contributed by atoms with E-state index in [1.54, 1.807) is 0 Å². The van der Waals surface area contributed by atoms with Crippen LogP contribution in [0.1, 0.15) is 0 Å². The predicted octanol–water partition coefficient (Wildman–Crippen LogP) is 1.44. The number of halogens is 4. The molecule has 0 radical (unpaired) electrons. The predicted molar refractivity (Wildman–Crippen MR) is 26.2 cm³/mol. The SMILES string of the molecule is O=C(OI)C(F)(F)F. The van der Waals surface area contributed by atoms with E-state index in [-0.39, 0.29) is 0 Å². The molecule has 48 valence electrons. The molecule has 0 atom stereocenters. The van der Waals surface area contributed by atoms with E-state index in [2.05, 4.69) is 3.07 Å². The van der Waals surface area contributed by atoms with Gasteiger partial charge in [0.2, 0.25) is 0 Å². The summed E-state index contributed by atoms with van der Waals surface area (Å²) in [6.07, 6.45) is -4.86. The molecule has 0 saturated heterocycles. The van der Waals surface area contributed by atoms with Crippen LogP contribution in [0.25, 0.3) is 0 Å². The third-order valence-electron chi connectivity index (χ3n) is 0.302. The van der Waals surface area contributed by atoms with Gasteiger partial charge >= 0.3 is 12.1 Å². The molecule has 0 N–H and O–H groups in total. The Hall–Kier alpha value is -0.0100. The van der Waals surface area contributed by atoms with E-state index in [9.17, 15) is 18.0 Å². The highest BCUT2D eigenvalue weighted by Gasteiger charge is 2.40. The molecule has 0 rings (SSSR count). The lowest BCUT2D eigenvalue weighted by Crippen LogP contribution is -2.21. The van der Waals surface area contributed by atoms with E-state index < -0.39 is 12.1 Å². The number of carbonyl (C=O) groups excluding carboxylic acids is 1. The highest BCUT2D eigenvalue weighted by Crippen LogP contribution is 2.17. The van der Waals surface area contributed by atoms with Crippen molar-refractivity contribution in [3.05, 3.63) is 0 Å². The van der Waals surface area contributed by atoms with E-state index in [0.717, 1.165) is 23.0 Å². The molecule has 0 aliphatic carbocycles. The molecular weight excluding hydrogens is 240 g/mol. The van der Waals surface area contributed by atoms with Crippen molar-refractivity contribution in [1.29, 1.82) is 0 Å². The maximum atomic E-state index is 11.0. The number of rotatable bonds is 0. The fourth-order valence-corrected chi connectivity index (χ4v) is 0.293. The van der Waals surface area contributed by atoms with Gasteiger partial charge < -0.3 is 3.07 Å². The molecule has 0 fully saturated rings. The quantitative estimate of drug-likeness (QED) is 0.599. The Bertz CT molecular complexity index is 97.9. The van der Waals surface area contributed by atoms with Crippen LogP contribution in [0.3, 0.4) is 0 Å². The first-order valence-corrected chi connectivity index (χ1v) is 2.26. The Labute approximate surface area is 56.7 Å². The lowest BCUT2D eigenvalue weighted by molar-refractivity contribution is -0.186. The number of hydrogen-bond donors (Lipinski definition) is 0. The normalized spacial score (nSPS) is 11.0. The highest BCUT2D eigenvalue weighted by atomic mass is 127. The van der Waals surface area contributed by atoms with Crippen molar-refractivity contribution in [3.8, 4) is 0 Å². The highest BCUT2D eigenvalue weighted by molar-refractivity contribution is 14.1. The number of alkyl halides is 3. The molecule has 0 heterocycles. The molecule has 0 aromatic carbocycles. The fourth-order valence-electron chi connectivity index (χ4n) is 0.0437. The van der Waals surface area contributed by atoms with Gasteiger partial charge in [0, 0.05) is 0 Å². The van der Waals surface area contributed by atoms with E-state index >= 15 is 0 Å². The van der Waals surface area contributed by atoms with Crippen molar-refractivity contribution in [1.82, 2.24) is 0 Å². The van der Waals surface area contributed by atoms with Crippen LogP contribution in [0.2, 0.25) is 0 Å². The van der Waals surface area contributed by atoms with Gasteiger partial charge in [-0.05, 0) is 0 Å². The molecular formula is C2F3IO2. The van der Waals surface area contributed by atoms with Gasteiger partial charge in [-0.3, -0.25) is 0 Å². The van der Waals surface area contributed by atoms with E-state index in [0.29, 0.717) is 0 Å². The van der Waals surface area contributed by atoms with E-state index in [4.69, 9.17) is 0 Å². The Balaban J connectivity index is 3.82. The largest absolute Gasteiger partial charge is 0.491 e. The Morgan fingerprint density at radius 2 is 1.88 bits per heavy atom. The van der Waals surface area contributed by atoms with Crippen molar-refractivity contribution in [2.24, 2.45) is 0 Å². The molecule has 8 heavy (non-hydrogen) atoms. The lowest BCUT2D eigenvalue weighted by atomic mass is 10.7. The molecule has 0 saturated carbocycles. The summed E-state index contributed by atoms with van der Waals surface area (Å²) in [7, 11) is 0. The number of hydrogen-bond acceptors (Lipinski definition) is 2. The zero-order chi connectivity index (χ0) is 6.78. The van der Waals surface area contributed by atoms with Gasteiger partial charge in [0.15, 0.2) is 23.0 Å². The molecule has 2 nitrogen and oxygen atoms in total. The topological polar surface area (TPSA) is 26.3 Å². The van der Waals surface area contributed by atoms with Crippen molar-refractivity contribution >= 4 is 29.0 Å². The summed E-state index contributed by atoms with van der Waals surface area (Å²) in [6, 6.07) is 0. The van der Waals surface area contributed by atoms with Crippen LogP contribution in [-0.4, -0.2) is 12.1 Å². The van der Waals surface area contributed by atoms with Gasteiger partial charge in [0.05, 0.1) is 0 Å². The van der Waals surface area contributed by atoms with Crippen LogP contribution in [0.4, 0.5) is 13.2 Å². The smallest absolute Gasteiger partial charge is 0.388 e. The van der Waals surface area contributed by atoms with Crippen molar-refractivity contribution in [2.45, 2.75) is 6.18 Å². The Kier molecular flexibility index (Phi) is 2.51. The van der Waals surface area contributed by atoms with Crippen molar-refractivity contribution in [2.75, 3.05) is 0 Å². The Morgan fingerprint density at radius 1 is 1.50 bits per heavy atom. The summed E-state index contributed by atoms with van der Waals surface area (Å²) < 4.78 is 36.2. The third-order valence-corrected chi connectivity index (χ3v) is 0.702. The zero-order valence-electron chi connectivity index (χ0n) is 3.33. The van der Waals surface area contributed by atoms with Gasteiger partial charge in [0.25, 0.3) is 0 Å². The molecule has 6 heteroatoms. The van der Waals surface area contributed by atoms with Crippen LogP contribution < -0.4 is 0 Å². The van der Waals surface area contributed by atoms with Gasteiger partial charge in [-0.15, -0.1) is 0 Å². The maximum Gasteiger partial charge on any atom is 0.491 e. The standard InChI is InChI=1S/C2F3IO2/c3-2(4,5)1(7)8-6. The molecule has 0 aliphatic rings. The van der Waals surface area contributed by atoms with Gasteiger partial charge in [0.1, 0.15) is 0 Å². The van der Waals surface area contributed by atoms with E-state index in [1.165, 1.54) is 0 Å². The molecule has 0 amide bonds. The van der Waals surface area contributed by atoms with Gasteiger partial charge in [-0.1, -0.05) is 0 Å². The molecule has 0 aromatic heterocycles. The van der Waals surface area contributed by atoms with Crippen LogP contribution >= 0.6 is 23.0 Å². The monoisotopic (exact) mass is 240 g/mol. The summed E-state index contributed by atoms with van der Waals surface area (Å²) in [5.74, 6) is -2.18. The minimum absolute atomic E-state index is 0.869. The average Bonchev–Trinajstić information content (AvgIpc) is 1.62. The molecule has 0 bridgehead atoms. The summed E-state index contributed by atoms with van der Waals surface area (Å²) in [5, 5.41) is 0. The fraction of sp³-hybridized carbons (Fsp3) is 0.500. The molecule has 0 unspecified atom stereocenters. The first-order valence-electron chi connectivity index (χ1n) is 1.38. The second-order valence-corrected chi connectivity index (χ2v) is 1.30. The van der Waals surface area contributed by atoms with Crippen LogP contribution in [0.15, 0.2) is 0 Å². The summed E-state index contributed by atoms with van der Waals surface area (Å²) in [4.78, 5) is 9.48. The molecule has 0 aliphatic heterocycles. The van der Waals surface area contributed by atoms with Gasteiger partial charge in [-0.25, -0.2) is 4.79 Å². The summed E-state index contributed by atoms with van der Waals surface area (Å²) in [5.41, 5.74) is 0. The van der Waals surface area contributed by atoms with Crippen LogP contribution in [0, 0.1) is 0 Å². The van der Waals surface area contributed by atoms with E-state index in [1.807, 2.05) is 0 Å². The van der Waals surface area contributed by atoms with Crippen molar-refractivity contribution in [3.63, 3.8) is 0 Å². The van der Waals surface area contributed by atoms with Crippen molar-refractivity contribution < 1.29 is 21.0 Å². The van der Waals surface area contributed by atoms with Gasteiger partial charge in [-0.2, -0.15) is 13.2 Å². The molecule has 0 aromatic rings. The maximum absolute atomic E-state index is 11.0. The first-order chi connectivity index (χ1) is 3.48. The minimum atomic E-state index is -4.86. The third kappa shape index (κ3) is 2.34. The lowest BCUT2D eigenvalue weighted by Gasteiger charge is -1.98. The van der Waals surface area contributed by atoms with Crippen LogP contribution in [0.5, 0.6) is 0 Å². The summed E-state index contributed by atoms with van der Waals surface area (Å²) >= 11 is 0.869. The summed E-state index contributed by atoms with van der Waals surface area (Å²) in [6.45, 7) is 0. The van der Waals surface area contributed by atoms with Crippen LogP contribution in [-0.2, 0) is 7.86 Å². The minimum Gasteiger partial charge on any atom is -0.388 e. The zero-order valence-corrected chi connectivity index (χ0v) is 5.49. The average molecular weight is 240 g/mol. The second-order valence-electron chi connectivity index (χ2n) is 0.862. The second kappa shape index (κ2) is 2.51. The first kappa shape index (κ1) is 7.99.